The van der Waals surface area contributed by atoms with Gasteiger partial charge in [0.1, 0.15) is 5.82 Å². The first-order chi connectivity index (χ1) is 20.4. The third-order valence-corrected chi connectivity index (χ3v) is 9.36. The number of aromatic nitrogens is 2. The lowest BCUT2D eigenvalue weighted by Crippen LogP contribution is -2.44. The second-order valence-electron chi connectivity index (χ2n) is 12.4. The number of nitrogens with zero attached hydrogens (tertiary/aromatic N) is 4. The molecule has 2 aliphatic heterocycles. The number of aryl methyl sites for hydroxylation is 2. The number of anilines is 2. The number of carbonyl (C=O) groups excluding carboxylic acids is 1. The number of amides is 1. The summed E-state index contributed by atoms with van der Waals surface area (Å²) >= 11 is 0. The van der Waals surface area contributed by atoms with E-state index >= 15 is 0 Å². The number of hydrogen-bond donors (Lipinski definition) is 2. The van der Waals surface area contributed by atoms with E-state index in [1.807, 2.05) is 25.3 Å². The molecule has 1 aliphatic carbocycles. The monoisotopic (exact) mass is 568 g/mol. The molecule has 4 heterocycles. The van der Waals surface area contributed by atoms with Crippen molar-refractivity contribution >= 4 is 17.4 Å². The molecule has 8 heteroatoms. The summed E-state index contributed by atoms with van der Waals surface area (Å²) in [6, 6.07) is 10.6. The molecule has 2 aromatic heterocycles. The average molecular weight is 569 g/mol. The fourth-order valence-electron chi connectivity index (χ4n) is 6.63. The largest absolute Gasteiger partial charge is 0.371 e. The van der Waals surface area contributed by atoms with Gasteiger partial charge in [0.2, 0.25) is 0 Å². The highest BCUT2D eigenvalue weighted by Gasteiger charge is 2.29. The topological polar surface area (TPSA) is 84.6 Å². The number of fused-ring (bicyclic) bond motifs is 1. The molecule has 1 aromatic carbocycles. The van der Waals surface area contributed by atoms with Crippen LogP contribution in [0.15, 0.2) is 41.3 Å². The summed E-state index contributed by atoms with van der Waals surface area (Å²) in [5, 5.41) is 3.11. The normalized spacial score (nSPS) is 17.3. The molecule has 2 N–H and O–H groups in total. The summed E-state index contributed by atoms with van der Waals surface area (Å²) in [7, 11) is 2.16. The number of aromatic amines is 1. The van der Waals surface area contributed by atoms with Crippen molar-refractivity contribution in [3.8, 4) is 11.1 Å². The van der Waals surface area contributed by atoms with Gasteiger partial charge in [-0.15, -0.1) is 0 Å². The predicted molar refractivity (Wildman–Crippen MR) is 170 cm³/mol. The first-order valence-corrected chi connectivity index (χ1v) is 15.7. The van der Waals surface area contributed by atoms with Gasteiger partial charge in [-0.3, -0.25) is 9.59 Å². The number of nitrogens with one attached hydrogen (secondary N) is 2. The lowest BCUT2D eigenvalue weighted by Gasteiger charge is -2.33. The molecule has 3 aromatic rings. The highest BCUT2D eigenvalue weighted by atomic mass is 16.1. The minimum atomic E-state index is -0.122. The summed E-state index contributed by atoms with van der Waals surface area (Å²) in [6.07, 6.45) is 8.47. The number of piperazine rings is 1. The Hall–Kier alpha value is -3.65. The summed E-state index contributed by atoms with van der Waals surface area (Å²) in [4.78, 5) is 41.6. The predicted octanol–water partition coefficient (Wildman–Crippen LogP) is 4.54. The van der Waals surface area contributed by atoms with Crippen molar-refractivity contribution in [3.05, 3.63) is 74.8 Å². The van der Waals surface area contributed by atoms with E-state index in [9.17, 15) is 9.59 Å². The van der Waals surface area contributed by atoms with Gasteiger partial charge in [0, 0.05) is 80.1 Å². The molecular weight excluding hydrogens is 524 g/mol. The summed E-state index contributed by atoms with van der Waals surface area (Å²) < 4.78 is 0. The van der Waals surface area contributed by atoms with Crippen molar-refractivity contribution in [2.75, 3.05) is 56.1 Å². The van der Waals surface area contributed by atoms with Gasteiger partial charge < -0.3 is 25.0 Å². The minimum Gasteiger partial charge on any atom is -0.371 e. The van der Waals surface area contributed by atoms with Crippen LogP contribution < -0.4 is 20.7 Å². The Labute approximate surface area is 249 Å². The van der Waals surface area contributed by atoms with Gasteiger partial charge in [-0.1, -0.05) is 19.8 Å². The number of carbonyl (C=O) groups is 1. The average Bonchev–Trinajstić information content (AvgIpc) is 3.37. The summed E-state index contributed by atoms with van der Waals surface area (Å²) in [5.41, 5.74) is 7.42. The van der Waals surface area contributed by atoms with E-state index in [4.69, 9.17) is 4.98 Å². The number of rotatable bonds is 9. The van der Waals surface area contributed by atoms with Crippen LogP contribution in [0.5, 0.6) is 0 Å². The fraction of sp³-hybridized carbons (Fsp3) is 0.500. The van der Waals surface area contributed by atoms with Gasteiger partial charge in [-0.2, -0.15) is 0 Å². The second-order valence-corrected chi connectivity index (χ2v) is 12.4. The summed E-state index contributed by atoms with van der Waals surface area (Å²) in [6.45, 7) is 10.3. The van der Waals surface area contributed by atoms with Crippen LogP contribution in [0.3, 0.4) is 0 Å². The summed E-state index contributed by atoms with van der Waals surface area (Å²) in [5.74, 6) is 1.62. The maximum absolute atomic E-state index is 13.8. The Kier molecular flexibility index (Phi) is 8.34. The molecule has 1 saturated heterocycles. The maximum Gasteiger partial charge on any atom is 0.253 e. The van der Waals surface area contributed by atoms with Gasteiger partial charge in [-0.05, 0) is 92.6 Å². The van der Waals surface area contributed by atoms with Crippen molar-refractivity contribution in [1.82, 2.24) is 20.2 Å². The van der Waals surface area contributed by atoms with E-state index in [1.54, 1.807) is 0 Å². The number of pyridine rings is 2. The SMILES string of the molecule is CCCc1cc(C)[nH]c(=O)c1CNC(=O)c1cc(-c2ccc(N3CCN(C)CC3)nc2)cc2c1CCN2CC1CCC1. The highest BCUT2D eigenvalue weighted by Crippen LogP contribution is 2.38. The van der Waals surface area contributed by atoms with Gasteiger partial charge in [-0.25, -0.2) is 4.98 Å². The van der Waals surface area contributed by atoms with Crippen molar-refractivity contribution in [3.63, 3.8) is 0 Å². The Balaban J connectivity index is 1.29. The smallest absolute Gasteiger partial charge is 0.253 e. The Bertz CT molecular complexity index is 1490. The van der Waals surface area contributed by atoms with Crippen LogP contribution >= 0.6 is 0 Å². The first-order valence-electron chi connectivity index (χ1n) is 15.7. The molecule has 42 heavy (non-hydrogen) atoms. The fourth-order valence-corrected chi connectivity index (χ4v) is 6.63. The molecule has 1 amide bonds. The Morgan fingerprint density at radius 2 is 1.88 bits per heavy atom. The van der Waals surface area contributed by atoms with E-state index < -0.39 is 0 Å². The molecule has 3 aliphatic rings. The standard InChI is InChI=1S/C34H44N6O2/c1-4-6-25-17-23(2)37-34(42)30(25)21-36-33(41)29-18-27(19-31-28(29)11-12-40(31)22-24-7-5-8-24)26-9-10-32(35-20-26)39-15-13-38(3)14-16-39/h9-10,17-20,24H,4-8,11-16,21-22H2,1-3H3,(H,36,41)(H,37,42). The van der Waals surface area contributed by atoms with Crippen molar-refractivity contribution in [1.29, 1.82) is 0 Å². The third kappa shape index (κ3) is 5.95. The first kappa shape index (κ1) is 28.5. The van der Waals surface area contributed by atoms with Gasteiger partial charge in [0.25, 0.3) is 11.5 Å². The van der Waals surface area contributed by atoms with Crippen LogP contribution in [0.25, 0.3) is 11.1 Å². The van der Waals surface area contributed by atoms with Crippen molar-refractivity contribution < 1.29 is 4.79 Å². The lowest BCUT2D eigenvalue weighted by atomic mass is 9.85. The number of benzene rings is 1. The molecule has 6 rings (SSSR count). The van der Waals surface area contributed by atoms with Crippen LogP contribution in [-0.2, 0) is 19.4 Å². The van der Waals surface area contributed by atoms with E-state index in [1.165, 1.54) is 24.9 Å². The molecule has 2 fully saturated rings. The molecule has 0 bridgehead atoms. The number of hydrogen-bond acceptors (Lipinski definition) is 6. The molecule has 222 valence electrons. The van der Waals surface area contributed by atoms with Crippen LogP contribution in [0.1, 0.15) is 65.3 Å². The molecular formula is C34H44N6O2. The molecule has 8 nitrogen and oxygen atoms in total. The van der Waals surface area contributed by atoms with Gasteiger partial charge in [0.15, 0.2) is 0 Å². The van der Waals surface area contributed by atoms with Crippen molar-refractivity contribution in [2.24, 2.45) is 5.92 Å². The minimum absolute atomic E-state index is 0.115. The van der Waals surface area contributed by atoms with Crippen LogP contribution in [0, 0.1) is 12.8 Å². The maximum atomic E-state index is 13.8. The molecule has 1 saturated carbocycles. The number of likely N-dealkylation sites (N-methyl/N-ethyl adjacent to an activating group) is 1. The lowest BCUT2D eigenvalue weighted by molar-refractivity contribution is 0.0950. The molecule has 0 spiro atoms. The van der Waals surface area contributed by atoms with Crippen LogP contribution in [-0.4, -0.2) is 67.1 Å². The van der Waals surface area contributed by atoms with E-state index in [-0.39, 0.29) is 18.0 Å². The molecule has 0 unspecified atom stereocenters. The van der Waals surface area contributed by atoms with Crippen LogP contribution in [0.2, 0.25) is 0 Å². The van der Waals surface area contributed by atoms with Gasteiger partial charge in [0.05, 0.1) is 0 Å². The zero-order chi connectivity index (χ0) is 29.2. The Morgan fingerprint density at radius 1 is 1.07 bits per heavy atom. The van der Waals surface area contributed by atoms with Gasteiger partial charge >= 0.3 is 0 Å². The quantitative estimate of drug-likeness (QED) is 0.394. The van der Waals surface area contributed by atoms with E-state index in [0.717, 1.165) is 98.2 Å². The highest BCUT2D eigenvalue weighted by molar-refractivity contribution is 5.99. The molecule has 0 radical (unpaired) electrons. The van der Waals surface area contributed by atoms with Crippen LogP contribution in [0.4, 0.5) is 11.5 Å². The zero-order valence-electron chi connectivity index (χ0n) is 25.3. The third-order valence-electron chi connectivity index (χ3n) is 9.36. The zero-order valence-corrected chi connectivity index (χ0v) is 25.3. The Morgan fingerprint density at radius 3 is 2.57 bits per heavy atom. The van der Waals surface area contributed by atoms with E-state index in [2.05, 4.69) is 57.2 Å². The van der Waals surface area contributed by atoms with Crippen molar-refractivity contribution in [2.45, 2.75) is 58.9 Å². The second kappa shape index (κ2) is 12.3. The number of H-pyrrole nitrogens is 1. The molecule has 0 atom stereocenters. The van der Waals surface area contributed by atoms with E-state index in [0.29, 0.717) is 11.1 Å².